The fraction of sp³-hybridized carbons (Fsp3) is 0.200. The van der Waals surface area contributed by atoms with Crippen LogP contribution in [0.2, 0.25) is 5.02 Å². The SMILES string of the molecule is COc1cccc(COc2ccc(Cl)cc2CN)c1. The summed E-state index contributed by atoms with van der Waals surface area (Å²) >= 11 is 5.92. The molecule has 2 rings (SSSR count). The van der Waals surface area contributed by atoms with Crippen molar-refractivity contribution in [3.8, 4) is 11.5 Å². The van der Waals surface area contributed by atoms with E-state index in [0.29, 0.717) is 18.2 Å². The summed E-state index contributed by atoms with van der Waals surface area (Å²) in [5.74, 6) is 1.57. The van der Waals surface area contributed by atoms with Gasteiger partial charge < -0.3 is 15.2 Å². The number of methoxy groups -OCH3 is 1. The average Bonchev–Trinajstić information content (AvgIpc) is 2.46. The molecule has 0 heterocycles. The smallest absolute Gasteiger partial charge is 0.124 e. The number of hydrogen-bond acceptors (Lipinski definition) is 3. The Morgan fingerprint density at radius 1 is 1.16 bits per heavy atom. The van der Waals surface area contributed by atoms with Crippen molar-refractivity contribution in [2.24, 2.45) is 5.73 Å². The molecule has 0 aromatic heterocycles. The van der Waals surface area contributed by atoms with E-state index in [1.54, 1.807) is 13.2 Å². The van der Waals surface area contributed by atoms with Gasteiger partial charge in [0.2, 0.25) is 0 Å². The lowest BCUT2D eigenvalue weighted by molar-refractivity contribution is 0.302. The molecule has 19 heavy (non-hydrogen) atoms. The third kappa shape index (κ3) is 3.63. The summed E-state index contributed by atoms with van der Waals surface area (Å²) in [5.41, 5.74) is 7.61. The summed E-state index contributed by atoms with van der Waals surface area (Å²) in [4.78, 5) is 0. The highest BCUT2D eigenvalue weighted by Gasteiger charge is 2.04. The van der Waals surface area contributed by atoms with Gasteiger partial charge >= 0.3 is 0 Å². The van der Waals surface area contributed by atoms with Crippen LogP contribution in [0, 0.1) is 0 Å². The molecule has 4 heteroatoms. The summed E-state index contributed by atoms with van der Waals surface area (Å²) in [5, 5.41) is 0.661. The van der Waals surface area contributed by atoms with Crippen molar-refractivity contribution in [1.82, 2.24) is 0 Å². The van der Waals surface area contributed by atoms with Crippen LogP contribution in [0.1, 0.15) is 11.1 Å². The molecule has 0 aliphatic heterocycles. The van der Waals surface area contributed by atoms with E-state index in [9.17, 15) is 0 Å². The third-order valence-electron chi connectivity index (χ3n) is 2.77. The summed E-state index contributed by atoms with van der Waals surface area (Å²) in [6, 6.07) is 13.2. The Balaban J connectivity index is 2.09. The molecule has 0 fully saturated rings. The highest BCUT2D eigenvalue weighted by Crippen LogP contribution is 2.24. The Bertz CT molecular complexity index is 558. The minimum atomic E-state index is 0.397. The zero-order valence-corrected chi connectivity index (χ0v) is 11.5. The van der Waals surface area contributed by atoms with Crippen molar-refractivity contribution < 1.29 is 9.47 Å². The summed E-state index contributed by atoms with van der Waals surface area (Å²) < 4.78 is 10.9. The monoisotopic (exact) mass is 277 g/mol. The largest absolute Gasteiger partial charge is 0.497 e. The lowest BCUT2D eigenvalue weighted by Gasteiger charge is -2.11. The Morgan fingerprint density at radius 3 is 2.74 bits per heavy atom. The zero-order chi connectivity index (χ0) is 13.7. The fourth-order valence-corrected chi connectivity index (χ4v) is 1.97. The van der Waals surface area contributed by atoms with Crippen LogP contribution in [-0.4, -0.2) is 7.11 Å². The predicted octanol–water partition coefficient (Wildman–Crippen LogP) is 3.39. The van der Waals surface area contributed by atoms with Crippen molar-refractivity contribution in [2.75, 3.05) is 7.11 Å². The zero-order valence-electron chi connectivity index (χ0n) is 10.7. The van der Waals surface area contributed by atoms with Crippen LogP contribution < -0.4 is 15.2 Å². The minimum absolute atomic E-state index is 0.397. The van der Waals surface area contributed by atoms with Gasteiger partial charge in [0.25, 0.3) is 0 Å². The molecule has 0 aliphatic rings. The number of ether oxygens (including phenoxy) is 2. The van der Waals surface area contributed by atoms with E-state index in [2.05, 4.69) is 0 Å². The van der Waals surface area contributed by atoms with Gasteiger partial charge in [0, 0.05) is 17.1 Å². The molecular formula is C15H16ClNO2. The van der Waals surface area contributed by atoms with Gasteiger partial charge in [-0.3, -0.25) is 0 Å². The molecule has 0 aliphatic carbocycles. The van der Waals surface area contributed by atoms with Gasteiger partial charge in [0.15, 0.2) is 0 Å². The van der Waals surface area contributed by atoms with Crippen LogP contribution in [0.5, 0.6) is 11.5 Å². The molecule has 100 valence electrons. The lowest BCUT2D eigenvalue weighted by Crippen LogP contribution is -2.02. The van der Waals surface area contributed by atoms with Crippen LogP contribution in [0.15, 0.2) is 42.5 Å². The molecule has 0 unspecified atom stereocenters. The van der Waals surface area contributed by atoms with Gasteiger partial charge in [-0.15, -0.1) is 0 Å². The molecule has 0 atom stereocenters. The molecule has 2 aromatic rings. The molecule has 0 bridgehead atoms. The Kier molecular flexibility index (Phi) is 4.66. The number of benzene rings is 2. The predicted molar refractivity (Wildman–Crippen MR) is 76.7 cm³/mol. The van der Waals surface area contributed by atoms with E-state index >= 15 is 0 Å². The third-order valence-corrected chi connectivity index (χ3v) is 3.01. The van der Waals surface area contributed by atoms with Crippen LogP contribution in [0.3, 0.4) is 0 Å². The highest BCUT2D eigenvalue weighted by molar-refractivity contribution is 6.30. The van der Waals surface area contributed by atoms with Crippen molar-refractivity contribution in [3.63, 3.8) is 0 Å². The molecule has 2 N–H and O–H groups in total. The topological polar surface area (TPSA) is 44.5 Å². The maximum atomic E-state index is 5.92. The Labute approximate surface area is 117 Å². The van der Waals surface area contributed by atoms with Crippen LogP contribution >= 0.6 is 11.6 Å². The number of hydrogen-bond donors (Lipinski definition) is 1. The van der Waals surface area contributed by atoms with E-state index in [-0.39, 0.29) is 0 Å². The van der Waals surface area contributed by atoms with E-state index in [4.69, 9.17) is 26.8 Å². The molecule has 3 nitrogen and oxygen atoms in total. The number of nitrogens with two attached hydrogens (primary N) is 1. The van der Waals surface area contributed by atoms with Gasteiger partial charge in [-0.1, -0.05) is 23.7 Å². The second kappa shape index (κ2) is 6.45. The Hall–Kier alpha value is -1.71. The first-order chi connectivity index (χ1) is 9.22. The Morgan fingerprint density at radius 2 is 2.00 bits per heavy atom. The first-order valence-electron chi connectivity index (χ1n) is 5.97. The first kappa shape index (κ1) is 13.7. The van der Waals surface area contributed by atoms with E-state index in [1.165, 1.54) is 0 Å². The molecule has 0 radical (unpaired) electrons. The molecule has 0 saturated carbocycles. The van der Waals surface area contributed by atoms with Gasteiger partial charge in [-0.2, -0.15) is 0 Å². The van der Waals surface area contributed by atoms with Crippen molar-refractivity contribution >= 4 is 11.6 Å². The summed E-state index contributed by atoms with van der Waals surface area (Å²) in [6.45, 7) is 0.861. The van der Waals surface area contributed by atoms with Crippen LogP contribution in [0.25, 0.3) is 0 Å². The van der Waals surface area contributed by atoms with Crippen molar-refractivity contribution in [1.29, 1.82) is 0 Å². The van der Waals surface area contributed by atoms with E-state index in [1.807, 2.05) is 36.4 Å². The van der Waals surface area contributed by atoms with E-state index in [0.717, 1.165) is 22.6 Å². The number of rotatable bonds is 5. The highest BCUT2D eigenvalue weighted by atomic mass is 35.5. The second-order valence-corrected chi connectivity index (χ2v) is 4.53. The maximum absolute atomic E-state index is 5.92. The quantitative estimate of drug-likeness (QED) is 0.911. The maximum Gasteiger partial charge on any atom is 0.124 e. The second-order valence-electron chi connectivity index (χ2n) is 4.10. The van der Waals surface area contributed by atoms with Crippen LogP contribution in [-0.2, 0) is 13.2 Å². The van der Waals surface area contributed by atoms with Gasteiger partial charge in [-0.05, 0) is 35.9 Å². The first-order valence-corrected chi connectivity index (χ1v) is 6.35. The number of halogens is 1. The minimum Gasteiger partial charge on any atom is -0.497 e. The lowest BCUT2D eigenvalue weighted by atomic mass is 10.2. The van der Waals surface area contributed by atoms with E-state index < -0.39 is 0 Å². The average molecular weight is 278 g/mol. The van der Waals surface area contributed by atoms with Gasteiger partial charge in [0.05, 0.1) is 7.11 Å². The summed E-state index contributed by atoms with van der Waals surface area (Å²) in [6.07, 6.45) is 0. The normalized spacial score (nSPS) is 10.3. The molecule has 0 amide bonds. The molecule has 2 aromatic carbocycles. The standard InChI is InChI=1S/C15H16ClNO2/c1-18-14-4-2-3-11(7-14)10-19-15-6-5-13(16)8-12(15)9-17/h2-8H,9-10,17H2,1H3. The molecule has 0 spiro atoms. The van der Waals surface area contributed by atoms with Gasteiger partial charge in [-0.25, -0.2) is 0 Å². The molecule has 0 saturated heterocycles. The summed E-state index contributed by atoms with van der Waals surface area (Å²) in [7, 11) is 1.64. The van der Waals surface area contributed by atoms with Gasteiger partial charge in [0.1, 0.15) is 18.1 Å². The van der Waals surface area contributed by atoms with Crippen molar-refractivity contribution in [2.45, 2.75) is 13.2 Å². The van der Waals surface area contributed by atoms with Crippen molar-refractivity contribution in [3.05, 3.63) is 58.6 Å². The van der Waals surface area contributed by atoms with Crippen LogP contribution in [0.4, 0.5) is 0 Å². The fourth-order valence-electron chi connectivity index (χ4n) is 1.77. The molecular weight excluding hydrogens is 262 g/mol.